The molecule has 1 fully saturated rings. The molecule has 0 radical (unpaired) electrons. The molecule has 0 aliphatic carbocycles. The number of nitrogens with one attached hydrogen (secondary N) is 2. The minimum atomic E-state index is -0.154. The fourth-order valence-corrected chi connectivity index (χ4v) is 3.50. The van der Waals surface area contributed by atoms with Gasteiger partial charge in [0.05, 0.1) is 6.54 Å². The summed E-state index contributed by atoms with van der Waals surface area (Å²) in [4.78, 5) is 9.21. The van der Waals surface area contributed by atoms with Crippen molar-refractivity contribution in [1.82, 2.24) is 20.4 Å². The molecule has 0 atom stereocenters. The maximum atomic E-state index is 13.9. The van der Waals surface area contributed by atoms with Crippen LogP contribution in [0.15, 0.2) is 23.2 Å². The minimum absolute atomic E-state index is 0. The van der Waals surface area contributed by atoms with Crippen LogP contribution in [0.5, 0.6) is 0 Å². The number of likely N-dealkylation sites (tertiary alicyclic amines) is 1. The van der Waals surface area contributed by atoms with Gasteiger partial charge in [0.25, 0.3) is 0 Å². The smallest absolute Gasteiger partial charge is 0.191 e. The first-order chi connectivity index (χ1) is 13.5. The highest BCUT2D eigenvalue weighted by atomic mass is 127. The maximum absolute atomic E-state index is 13.9. The molecule has 2 rings (SSSR count). The zero-order chi connectivity index (χ0) is 20.4. The largest absolute Gasteiger partial charge is 0.357 e. The van der Waals surface area contributed by atoms with Crippen LogP contribution in [-0.4, -0.2) is 62.6 Å². The lowest BCUT2D eigenvalue weighted by atomic mass is 9.99. The van der Waals surface area contributed by atoms with Gasteiger partial charge in [0, 0.05) is 25.2 Å². The van der Waals surface area contributed by atoms with E-state index in [1.165, 1.54) is 25.9 Å². The normalized spacial score (nSPS) is 16.0. The van der Waals surface area contributed by atoms with Gasteiger partial charge in [-0.05, 0) is 83.5 Å². The number of rotatable bonds is 9. The molecule has 0 aromatic heterocycles. The van der Waals surface area contributed by atoms with E-state index in [1.54, 1.807) is 6.07 Å². The summed E-state index contributed by atoms with van der Waals surface area (Å²) in [5.41, 5.74) is 1.74. The second-order valence-corrected chi connectivity index (χ2v) is 8.16. The molecule has 0 amide bonds. The van der Waals surface area contributed by atoms with E-state index < -0.39 is 0 Å². The Morgan fingerprint density at radius 1 is 1.24 bits per heavy atom. The average molecular weight is 519 g/mol. The van der Waals surface area contributed by atoms with Gasteiger partial charge in [0.15, 0.2) is 5.96 Å². The van der Waals surface area contributed by atoms with Crippen LogP contribution < -0.4 is 10.6 Å². The Hall–Kier alpha value is -0.930. The SMILES string of the molecule is CCNC(=NCc1ccc(F)c(CN(C)C)c1)NCCCN1CCC(C)CC1.I. The van der Waals surface area contributed by atoms with Crippen molar-refractivity contribution in [2.24, 2.45) is 10.9 Å². The Morgan fingerprint density at radius 3 is 2.62 bits per heavy atom. The third kappa shape index (κ3) is 10.1. The number of benzene rings is 1. The molecule has 166 valence electrons. The number of aliphatic imine (C=N–C) groups is 1. The van der Waals surface area contributed by atoms with Gasteiger partial charge in [-0.3, -0.25) is 0 Å². The van der Waals surface area contributed by atoms with Crippen LogP contribution >= 0.6 is 24.0 Å². The summed E-state index contributed by atoms with van der Waals surface area (Å²) in [7, 11) is 3.89. The molecule has 7 heteroatoms. The van der Waals surface area contributed by atoms with Gasteiger partial charge in [0.1, 0.15) is 5.82 Å². The van der Waals surface area contributed by atoms with E-state index in [0.717, 1.165) is 43.5 Å². The molecular weight excluding hydrogens is 480 g/mol. The first-order valence-electron chi connectivity index (χ1n) is 10.6. The highest BCUT2D eigenvalue weighted by Crippen LogP contribution is 2.16. The van der Waals surface area contributed by atoms with Crippen molar-refractivity contribution < 1.29 is 4.39 Å². The van der Waals surface area contributed by atoms with Gasteiger partial charge in [-0.2, -0.15) is 0 Å². The summed E-state index contributed by atoms with van der Waals surface area (Å²) < 4.78 is 13.9. The van der Waals surface area contributed by atoms with Gasteiger partial charge in [0.2, 0.25) is 0 Å². The molecule has 2 N–H and O–H groups in total. The van der Waals surface area contributed by atoms with E-state index in [4.69, 9.17) is 0 Å². The van der Waals surface area contributed by atoms with Crippen molar-refractivity contribution in [3.05, 3.63) is 35.1 Å². The first kappa shape index (κ1) is 26.1. The lowest BCUT2D eigenvalue weighted by Gasteiger charge is -2.30. The van der Waals surface area contributed by atoms with Crippen molar-refractivity contribution in [3.8, 4) is 0 Å². The summed E-state index contributed by atoms with van der Waals surface area (Å²) in [5.74, 6) is 1.55. The average Bonchev–Trinajstić information content (AvgIpc) is 2.66. The molecule has 1 saturated heterocycles. The van der Waals surface area contributed by atoms with E-state index in [1.807, 2.05) is 31.1 Å². The third-order valence-electron chi connectivity index (χ3n) is 5.18. The summed E-state index contributed by atoms with van der Waals surface area (Å²) >= 11 is 0. The van der Waals surface area contributed by atoms with E-state index >= 15 is 0 Å². The van der Waals surface area contributed by atoms with Crippen molar-refractivity contribution in [3.63, 3.8) is 0 Å². The Kier molecular flexibility index (Phi) is 12.7. The molecule has 29 heavy (non-hydrogen) atoms. The Balaban J connectivity index is 0.00000420. The third-order valence-corrected chi connectivity index (χ3v) is 5.18. The van der Waals surface area contributed by atoms with Gasteiger partial charge < -0.3 is 20.4 Å². The molecule has 1 aromatic rings. The minimum Gasteiger partial charge on any atom is -0.357 e. The van der Waals surface area contributed by atoms with Gasteiger partial charge >= 0.3 is 0 Å². The molecule has 0 unspecified atom stereocenters. The second kappa shape index (κ2) is 14.1. The number of hydrogen-bond donors (Lipinski definition) is 2. The number of halogens is 2. The molecular formula is C22H39FIN5. The Bertz CT molecular complexity index is 615. The quantitative estimate of drug-likeness (QED) is 0.226. The number of hydrogen-bond acceptors (Lipinski definition) is 3. The predicted molar refractivity (Wildman–Crippen MR) is 131 cm³/mol. The van der Waals surface area contributed by atoms with E-state index in [0.29, 0.717) is 18.7 Å². The first-order valence-corrected chi connectivity index (χ1v) is 10.6. The summed E-state index contributed by atoms with van der Waals surface area (Å²) in [5, 5.41) is 6.73. The van der Waals surface area contributed by atoms with Gasteiger partial charge in [-0.1, -0.05) is 13.0 Å². The van der Waals surface area contributed by atoms with Crippen molar-refractivity contribution in [2.75, 3.05) is 46.8 Å². The maximum Gasteiger partial charge on any atom is 0.191 e. The van der Waals surface area contributed by atoms with Crippen LogP contribution in [0, 0.1) is 11.7 Å². The van der Waals surface area contributed by atoms with Crippen molar-refractivity contribution in [2.45, 2.75) is 46.2 Å². The van der Waals surface area contributed by atoms with Crippen LogP contribution in [0.2, 0.25) is 0 Å². The number of guanidine groups is 1. The topological polar surface area (TPSA) is 42.9 Å². The van der Waals surface area contributed by atoms with Crippen LogP contribution in [-0.2, 0) is 13.1 Å². The van der Waals surface area contributed by atoms with Gasteiger partial charge in [-0.15, -0.1) is 24.0 Å². The van der Waals surface area contributed by atoms with Crippen LogP contribution in [0.4, 0.5) is 4.39 Å². The van der Waals surface area contributed by atoms with Crippen LogP contribution in [0.1, 0.15) is 44.2 Å². The van der Waals surface area contributed by atoms with Gasteiger partial charge in [-0.25, -0.2) is 9.38 Å². The molecule has 1 aromatic carbocycles. The van der Waals surface area contributed by atoms with E-state index in [2.05, 4.69) is 34.4 Å². The zero-order valence-corrected chi connectivity index (χ0v) is 20.8. The Morgan fingerprint density at radius 2 is 1.97 bits per heavy atom. The molecule has 1 aliphatic heterocycles. The molecule has 0 spiro atoms. The molecule has 5 nitrogen and oxygen atoms in total. The second-order valence-electron chi connectivity index (χ2n) is 8.16. The monoisotopic (exact) mass is 519 g/mol. The van der Waals surface area contributed by atoms with Crippen molar-refractivity contribution in [1.29, 1.82) is 0 Å². The van der Waals surface area contributed by atoms with E-state index in [-0.39, 0.29) is 29.8 Å². The Labute approximate surface area is 193 Å². The predicted octanol–water partition coefficient (Wildman–Crippen LogP) is 3.68. The molecule has 1 aliphatic rings. The van der Waals surface area contributed by atoms with Crippen LogP contribution in [0.25, 0.3) is 0 Å². The lowest BCUT2D eigenvalue weighted by molar-refractivity contribution is 0.191. The highest BCUT2D eigenvalue weighted by Gasteiger charge is 2.14. The fourth-order valence-electron chi connectivity index (χ4n) is 3.50. The summed E-state index contributed by atoms with van der Waals surface area (Å²) in [6.45, 7) is 10.9. The molecule has 0 saturated carbocycles. The standard InChI is InChI=1S/C22H38FN5.HI/c1-5-24-22(25-11-6-12-28-13-9-18(2)10-14-28)26-16-19-7-8-21(23)20(15-19)17-27(3)4;/h7-8,15,18H,5-6,9-14,16-17H2,1-4H3,(H2,24,25,26);1H. The number of nitrogens with zero attached hydrogens (tertiary/aromatic N) is 3. The molecule has 0 bridgehead atoms. The lowest BCUT2D eigenvalue weighted by Crippen LogP contribution is -2.39. The van der Waals surface area contributed by atoms with Crippen molar-refractivity contribution >= 4 is 29.9 Å². The summed E-state index contributed by atoms with van der Waals surface area (Å²) in [6.07, 6.45) is 3.76. The van der Waals surface area contributed by atoms with E-state index in [9.17, 15) is 4.39 Å². The number of piperidine rings is 1. The van der Waals surface area contributed by atoms with Crippen LogP contribution in [0.3, 0.4) is 0 Å². The fraction of sp³-hybridized carbons (Fsp3) is 0.682. The zero-order valence-electron chi connectivity index (χ0n) is 18.5. The highest BCUT2D eigenvalue weighted by molar-refractivity contribution is 14.0. The summed E-state index contributed by atoms with van der Waals surface area (Å²) in [6, 6.07) is 5.28. The molecule has 1 heterocycles.